The van der Waals surface area contributed by atoms with E-state index in [4.69, 9.17) is 4.84 Å². The molecular formula is C23H25FN4O3. The monoisotopic (exact) mass is 424 g/mol. The number of piperidine rings is 1. The zero-order valence-electron chi connectivity index (χ0n) is 17.7. The lowest BCUT2D eigenvalue weighted by Crippen LogP contribution is -2.51. The molecule has 8 heteroatoms. The second-order valence-corrected chi connectivity index (χ2v) is 8.27. The third-order valence-electron chi connectivity index (χ3n) is 5.80. The minimum atomic E-state index is -0.714. The van der Waals surface area contributed by atoms with E-state index in [0.29, 0.717) is 49.3 Å². The number of pyridine rings is 1. The number of aromatic nitrogens is 1. The molecule has 0 unspecified atom stereocenters. The SMILES string of the molecule is Cc1ccc(C(=O)N2CCC[C@@]3(CC(C(=O)N(C)Cc4ccccn4)=NO3)C2)cc1F. The summed E-state index contributed by atoms with van der Waals surface area (Å²) in [5.41, 5.74) is 1.22. The quantitative estimate of drug-likeness (QED) is 0.756. The van der Waals surface area contributed by atoms with E-state index in [9.17, 15) is 14.0 Å². The lowest BCUT2D eigenvalue weighted by atomic mass is 9.87. The van der Waals surface area contributed by atoms with Gasteiger partial charge in [0.2, 0.25) is 0 Å². The van der Waals surface area contributed by atoms with Gasteiger partial charge in [-0.15, -0.1) is 0 Å². The lowest BCUT2D eigenvalue weighted by Gasteiger charge is -2.38. The van der Waals surface area contributed by atoms with Gasteiger partial charge >= 0.3 is 0 Å². The van der Waals surface area contributed by atoms with Gasteiger partial charge in [-0.2, -0.15) is 0 Å². The van der Waals surface area contributed by atoms with E-state index < -0.39 is 11.4 Å². The molecule has 2 aliphatic heterocycles. The Balaban J connectivity index is 1.41. The Kier molecular flexibility index (Phi) is 5.71. The first-order valence-corrected chi connectivity index (χ1v) is 10.3. The lowest BCUT2D eigenvalue weighted by molar-refractivity contribution is -0.123. The van der Waals surface area contributed by atoms with Gasteiger partial charge in [-0.05, 0) is 49.6 Å². The average Bonchev–Trinajstić information content (AvgIpc) is 3.18. The van der Waals surface area contributed by atoms with Gasteiger partial charge in [0.15, 0.2) is 5.60 Å². The summed E-state index contributed by atoms with van der Waals surface area (Å²) in [6.07, 6.45) is 3.45. The van der Waals surface area contributed by atoms with Crippen LogP contribution >= 0.6 is 0 Å². The molecule has 3 heterocycles. The molecule has 1 fully saturated rings. The van der Waals surface area contributed by atoms with E-state index in [-0.39, 0.29) is 11.8 Å². The van der Waals surface area contributed by atoms with E-state index >= 15 is 0 Å². The molecule has 1 spiro atoms. The number of carbonyl (C=O) groups is 2. The molecule has 0 saturated carbocycles. The Morgan fingerprint density at radius 2 is 2.13 bits per heavy atom. The number of nitrogens with zero attached hydrogens (tertiary/aromatic N) is 4. The van der Waals surface area contributed by atoms with Crippen molar-refractivity contribution in [2.24, 2.45) is 5.16 Å². The first kappa shape index (κ1) is 21.0. The zero-order chi connectivity index (χ0) is 22.0. The summed E-state index contributed by atoms with van der Waals surface area (Å²) < 4.78 is 13.9. The van der Waals surface area contributed by atoms with Crippen LogP contribution in [0.5, 0.6) is 0 Å². The first-order valence-electron chi connectivity index (χ1n) is 10.3. The van der Waals surface area contributed by atoms with Crippen LogP contribution in [0.4, 0.5) is 4.39 Å². The van der Waals surface area contributed by atoms with E-state index in [1.165, 1.54) is 6.07 Å². The summed E-state index contributed by atoms with van der Waals surface area (Å²) in [5, 5.41) is 4.07. The van der Waals surface area contributed by atoms with Gasteiger partial charge in [-0.25, -0.2) is 4.39 Å². The van der Waals surface area contributed by atoms with Gasteiger partial charge in [0.25, 0.3) is 11.8 Å². The van der Waals surface area contributed by atoms with Crippen molar-refractivity contribution in [2.45, 2.75) is 38.3 Å². The third kappa shape index (κ3) is 4.42. The van der Waals surface area contributed by atoms with Crippen LogP contribution in [0.3, 0.4) is 0 Å². The summed E-state index contributed by atoms with van der Waals surface area (Å²) in [6.45, 7) is 2.90. The molecule has 1 aromatic heterocycles. The van der Waals surface area contributed by atoms with Crippen LogP contribution in [0.15, 0.2) is 47.8 Å². The predicted octanol–water partition coefficient (Wildman–Crippen LogP) is 2.94. The zero-order valence-corrected chi connectivity index (χ0v) is 17.7. The molecule has 4 rings (SSSR count). The molecule has 7 nitrogen and oxygen atoms in total. The molecule has 2 amide bonds. The van der Waals surface area contributed by atoms with Crippen LogP contribution in [0.2, 0.25) is 0 Å². The first-order chi connectivity index (χ1) is 14.9. The largest absolute Gasteiger partial charge is 0.386 e. The molecule has 1 saturated heterocycles. The summed E-state index contributed by atoms with van der Waals surface area (Å²) in [4.78, 5) is 39.0. The van der Waals surface area contributed by atoms with Gasteiger partial charge in [-0.3, -0.25) is 14.6 Å². The molecule has 31 heavy (non-hydrogen) atoms. The van der Waals surface area contributed by atoms with E-state index in [2.05, 4.69) is 10.1 Å². The Morgan fingerprint density at radius 1 is 1.29 bits per heavy atom. The van der Waals surface area contributed by atoms with E-state index in [1.54, 1.807) is 42.1 Å². The van der Waals surface area contributed by atoms with Crippen LogP contribution in [0.25, 0.3) is 0 Å². The van der Waals surface area contributed by atoms with Gasteiger partial charge in [0.1, 0.15) is 11.5 Å². The van der Waals surface area contributed by atoms with E-state index in [1.807, 2.05) is 18.2 Å². The fourth-order valence-corrected chi connectivity index (χ4v) is 4.06. The number of hydrogen-bond donors (Lipinski definition) is 0. The van der Waals surface area contributed by atoms with Crippen molar-refractivity contribution < 1.29 is 18.8 Å². The Morgan fingerprint density at radius 3 is 2.87 bits per heavy atom. The fourth-order valence-electron chi connectivity index (χ4n) is 4.06. The van der Waals surface area contributed by atoms with Gasteiger partial charge in [0, 0.05) is 31.8 Å². The number of hydrogen-bond acceptors (Lipinski definition) is 5. The van der Waals surface area contributed by atoms with Crippen molar-refractivity contribution in [3.8, 4) is 0 Å². The normalized spacial score (nSPS) is 20.4. The minimum Gasteiger partial charge on any atom is -0.386 e. The van der Waals surface area contributed by atoms with Crippen LogP contribution < -0.4 is 0 Å². The number of amides is 2. The van der Waals surface area contributed by atoms with Crippen LogP contribution in [-0.2, 0) is 16.2 Å². The Hall–Kier alpha value is -3.29. The molecule has 0 radical (unpaired) electrons. The molecule has 0 aliphatic carbocycles. The highest BCUT2D eigenvalue weighted by molar-refractivity contribution is 6.39. The number of likely N-dealkylation sites (tertiary alicyclic amines) is 1. The fraction of sp³-hybridized carbons (Fsp3) is 0.391. The molecule has 1 atom stereocenters. The molecule has 0 N–H and O–H groups in total. The number of carbonyl (C=O) groups excluding carboxylic acids is 2. The number of rotatable bonds is 4. The van der Waals surface area contributed by atoms with Gasteiger partial charge in [-0.1, -0.05) is 17.3 Å². The summed E-state index contributed by atoms with van der Waals surface area (Å²) in [7, 11) is 1.70. The van der Waals surface area contributed by atoms with Crippen molar-refractivity contribution in [3.63, 3.8) is 0 Å². The minimum absolute atomic E-state index is 0.216. The van der Waals surface area contributed by atoms with Crippen molar-refractivity contribution in [1.29, 1.82) is 0 Å². The number of aryl methyl sites for hydroxylation is 1. The molecule has 2 aliphatic rings. The summed E-state index contributed by atoms with van der Waals surface area (Å²) >= 11 is 0. The smallest absolute Gasteiger partial charge is 0.271 e. The second kappa shape index (κ2) is 8.45. The maximum Gasteiger partial charge on any atom is 0.271 e. The molecule has 0 bridgehead atoms. The average molecular weight is 424 g/mol. The Bertz CT molecular complexity index is 1030. The van der Waals surface area contributed by atoms with Crippen molar-refractivity contribution >= 4 is 17.5 Å². The molecule has 1 aromatic carbocycles. The Labute approximate surface area is 180 Å². The van der Waals surface area contributed by atoms with Crippen LogP contribution in [0, 0.1) is 12.7 Å². The van der Waals surface area contributed by atoms with Crippen LogP contribution in [-0.4, -0.2) is 58.0 Å². The number of halogens is 1. The van der Waals surface area contributed by atoms with E-state index in [0.717, 1.165) is 12.1 Å². The van der Waals surface area contributed by atoms with Crippen LogP contribution in [0.1, 0.15) is 40.9 Å². The summed E-state index contributed by atoms with van der Waals surface area (Å²) in [5.74, 6) is -0.859. The van der Waals surface area contributed by atoms with Crippen molar-refractivity contribution in [2.75, 3.05) is 20.1 Å². The second-order valence-electron chi connectivity index (χ2n) is 8.27. The number of benzene rings is 1. The predicted molar refractivity (Wildman–Crippen MR) is 113 cm³/mol. The summed E-state index contributed by atoms with van der Waals surface area (Å²) in [6, 6.07) is 10.1. The highest BCUT2D eigenvalue weighted by Crippen LogP contribution is 2.34. The maximum absolute atomic E-state index is 13.9. The number of oxime groups is 1. The molecule has 162 valence electrons. The molecular weight excluding hydrogens is 399 g/mol. The van der Waals surface area contributed by atoms with Crippen molar-refractivity contribution in [3.05, 3.63) is 65.2 Å². The standard InChI is InChI=1S/C23H25FN4O3/c1-16-7-8-17(12-19(16)24)21(29)28-11-5-9-23(15-28)13-20(26-31-23)22(30)27(2)14-18-6-3-4-10-25-18/h3-4,6-8,10,12H,5,9,11,13-15H2,1-2H3/t23-/m1/s1. The highest BCUT2D eigenvalue weighted by atomic mass is 19.1. The van der Waals surface area contributed by atoms with Gasteiger partial charge < -0.3 is 14.6 Å². The maximum atomic E-state index is 13.9. The highest BCUT2D eigenvalue weighted by Gasteiger charge is 2.46. The molecule has 2 aromatic rings. The van der Waals surface area contributed by atoms with Gasteiger partial charge in [0.05, 0.1) is 18.8 Å². The third-order valence-corrected chi connectivity index (χ3v) is 5.80. The van der Waals surface area contributed by atoms with Crippen molar-refractivity contribution in [1.82, 2.24) is 14.8 Å². The topological polar surface area (TPSA) is 75.1 Å².